The summed E-state index contributed by atoms with van der Waals surface area (Å²) in [6, 6.07) is 5.30. The lowest BCUT2D eigenvalue weighted by Crippen LogP contribution is -2.15. The van der Waals surface area contributed by atoms with E-state index in [2.05, 4.69) is 23.9 Å². The van der Waals surface area contributed by atoms with Crippen LogP contribution in [0.25, 0.3) is 0 Å². The van der Waals surface area contributed by atoms with Gasteiger partial charge in [0.05, 0.1) is 10.6 Å². The number of nitrogens with zero attached hydrogens (tertiary/aromatic N) is 3. The van der Waals surface area contributed by atoms with Gasteiger partial charge in [0.25, 0.3) is 0 Å². The fourth-order valence-electron chi connectivity index (χ4n) is 1.90. The van der Waals surface area contributed by atoms with Gasteiger partial charge in [0.15, 0.2) is 5.82 Å². The van der Waals surface area contributed by atoms with Crippen LogP contribution < -0.4 is 10.5 Å². The number of thiocarbonyl (C=S) groups is 1. The fraction of sp³-hybridized carbons (Fsp3) is 0.357. The van der Waals surface area contributed by atoms with Crippen molar-refractivity contribution in [3.63, 3.8) is 0 Å². The second kappa shape index (κ2) is 6.87. The molecule has 0 saturated heterocycles. The van der Waals surface area contributed by atoms with Gasteiger partial charge in [-0.25, -0.2) is 9.67 Å². The minimum absolute atomic E-state index is 0.208. The van der Waals surface area contributed by atoms with Gasteiger partial charge in [-0.15, -0.1) is 0 Å². The third-order valence-corrected chi connectivity index (χ3v) is 3.33. The zero-order valence-corrected chi connectivity index (χ0v) is 13.5. The topological polar surface area (TPSA) is 66.0 Å². The highest BCUT2D eigenvalue weighted by Gasteiger charge is 2.13. The quantitative estimate of drug-likeness (QED) is 0.828. The minimum Gasteiger partial charge on any atom is -0.485 e. The van der Waals surface area contributed by atoms with Gasteiger partial charge >= 0.3 is 0 Å². The number of hydrogen-bond donors (Lipinski definition) is 1. The van der Waals surface area contributed by atoms with Crippen molar-refractivity contribution in [2.45, 2.75) is 27.0 Å². The molecule has 0 radical (unpaired) electrons. The maximum Gasteiger partial charge on any atom is 0.164 e. The van der Waals surface area contributed by atoms with E-state index in [-0.39, 0.29) is 11.6 Å². The molecule has 0 atom stereocenters. The van der Waals surface area contributed by atoms with Gasteiger partial charge in [-0.1, -0.05) is 43.7 Å². The molecule has 1 aromatic heterocycles. The number of benzene rings is 1. The molecular formula is C14H17ClN4OS. The van der Waals surface area contributed by atoms with E-state index in [9.17, 15) is 0 Å². The van der Waals surface area contributed by atoms with Crippen molar-refractivity contribution in [2.75, 3.05) is 0 Å². The molecule has 0 aliphatic heterocycles. The first-order valence-corrected chi connectivity index (χ1v) is 7.35. The smallest absolute Gasteiger partial charge is 0.164 e. The van der Waals surface area contributed by atoms with Crippen molar-refractivity contribution in [1.82, 2.24) is 14.8 Å². The maximum absolute atomic E-state index is 6.10. The van der Waals surface area contributed by atoms with Crippen LogP contribution in [0, 0.1) is 5.92 Å². The highest BCUT2D eigenvalue weighted by atomic mass is 35.5. The van der Waals surface area contributed by atoms with Crippen molar-refractivity contribution >= 4 is 28.8 Å². The fourth-order valence-corrected chi connectivity index (χ4v) is 2.44. The second-order valence-electron chi connectivity index (χ2n) is 5.02. The third kappa shape index (κ3) is 3.92. The number of hydrogen-bond acceptors (Lipinski definition) is 4. The van der Waals surface area contributed by atoms with Crippen LogP contribution in [0.3, 0.4) is 0 Å². The van der Waals surface area contributed by atoms with E-state index in [0.717, 1.165) is 12.4 Å². The molecule has 0 fully saturated rings. The monoisotopic (exact) mass is 324 g/mol. The largest absolute Gasteiger partial charge is 0.485 e. The molecule has 0 bridgehead atoms. The zero-order valence-electron chi connectivity index (χ0n) is 11.9. The van der Waals surface area contributed by atoms with Crippen LogP contribution in [0.4, 0.5) is 0 Å². The summed E-state index contributed by atoms with van der Waals surface area (Å²) in [6.07, 6.45) is 1.52. The lowest BCUT2D eigenvalue weighted by molar-refractivity contribution is 0.282. The third-order valence-electron chi connectivity index (χ3n) is 2.81. The Labute approximate surface area is 134 Å². The van der Waals surface area contributed by atoms with Gasteiger partial charge in [0.2, 0.25) is 0 Å². The number of ether oxygens (including phenoxy) is 1. The zero-order chi connectivity index (χ0) is 15.4. The molecule has 21 heavy (non-hydrogen) atoms. The van der Waals surface area contributed by atoms with Crippen LogP contribution in [0.2, 0.25) is 5.02 Å². The van der Waals surface area contributed by atoms with Crippen molar-refractivity contribution in [3.05, 3.63) is 40.9 Å². The van der Waals surface area contributed by atoms with Gasteiger partial charge in [0.1, 0.15) is 23.7 Å². The minimum atomic E-state index is 0.208. The SMILES string of the molecule is CC(C)Cn1ncnc1COc1cccc(Cl)c1C(N)=S. The van der Waals surface area contributed by atoms with Gasteiger partial charge in [-0.05, 0) is 18.1 Å². The number of nitrogens with two attached hydrogens (primary N) is 1. The Bertz CT molecular complexity index is 642. The molecular weight excluding hydrogens is 308 g/mol. The summed E-state index contributed by atoms with van der Waals surface area (Å²) in [5, 5.41) is 4.67. The van der Waals surface area contributed by atoms with E-state index in [1.807, 2.05) is 4.68 Å². The number of rotatable bonds is 6. The van der Waals surface area contributed by atoms with E-state index in [1.165, 1.54) is 6.33 Å². The van der Waals surface area contributed by atoms with Crippen molar-refractivity contribution < 1.29 is 4.74 Å². The first kappa shape index (κ1) is 15.7. The molecule has 2 N–H and O–H groups in total. The van der Waals surface area contributed by atoms with E-state index < -0.39 is 0 Å². The van der Waals surface area contributed by atoms with Gasteiger partial charge < -0.3 is 10.5 Å². The molecule has 7 heteroatoms. The molecule has 0 spiro atoms. The Morgan fingerprint density at radius 2 is 2.24 bits per heavy atom. The van der Waals surface area contributed by atoms with Crippen molar-refractivity contribution in [3.8, 4) is 5.75 Å². The highest BCUT2D eigenvalue weighted by Crippen LogP contribution is 2.26. The summed E-state index contributed by atoms with van der Waals surface area (Å²) in [4.78, 5) is 4.42. The second-order valence-corrected chi connectivity index (χ2v) is 5.87. The predicted octanol–water partition coefficient (Wildman–Crippen LogP) is 2.80. The van der Waals surface area contributed by atoms with Crippen LogP contribution in [-0.2, 0) is 13.2 Å². The standard InChI is InChI=1S/C14H17ClN4OS/c1-9(2)6-19-12(17-8-18-19)7-20-11-5-3-4-10(15)13(11)14(16)21/h3-5,8-9H,6-7H2,1-2H3,(H2,16,21). The molecule has 0 saturated carbocycles. The Balaban J connectivity index is 2.16. The van der Waals surface area contributed by atoms with Gasteiger partial charge in [-0.2, -0.15) is 5.10 Å². The lowest BCUT2D eigenvalue weighted by atomic mass is 10.2. The summed E-state index contributed by atoms with van der Waals surface area (Å²) < 4.78 is 7.60. The summed E-state index contributed by atoms with van der Waals surface area (Å²) in [7, 11) is 0. The molecule has 2 rings (SSSR count). The summed E-state index contributed by atoms with van der Waals surface area (Å²) in [5.41, 5.74) is 6.24. The average Bonchev–Trinajstić information content (AvgIpc) is 2.82. The number of halogens is 1. The summed E-state index contributed by atoms with van der Waals surface area (Å²) >= 11 is 11.1. The molecule has 2 aromatic rings. The molecule has 112 valence electrons. The van der Waals surface area contributed by atoms with Crippen LogP contribution in [-0.4, -0.2) is 19.8 Å². The van der Waals surface area contributed by atoms with Gasteiger partial charge in [0, 0.05) is 6.54 Å². The van der Waals surface area contributed by atoms with Crippen molar-refractivity contribution in [2.24, 2.45) is 11.7 Å². The van der Waals surface area contributed by atoms with E-state index in [1.54, 1.807) is 18.2 Å². The summed E-state index contributed by atoms with van der Waals surface area (Å²) in [5.74, 6) is 1.77. The van der Waals surface area contributed by atoms with E-state index in [0.29, 0.717) is 22.3 Å². The first-order valence-electron chi connectivity index (χ1n) is 6.56. The highest BCUT2D eigenvalue weighted by molar-refractivity contribution is 7.80. The molecule has 0 amide bonds. The Morgan fingerprint density at radius 3 is 2.90 bits per heavy atom. The average molecular weight is 325 g/mol. The van der Waals surface area contributed by atoms with E-state index >= 15 is 0 Å². The predicted molar refractivity (Wildman–Crippen MR) is 86.5 cm³/mol. The lowest BCUT2D eigenvalue weighted by Gasteiger charge is -2.13. The molecule has 1 aromatic carbocycles. The Kier molecular flexibility index (Phi) is 5.14. The van der Waals surface area contributed by atoms with E-state index in [4.69, 9.17) is 34.3 Å². The molecule has 0 unspecified atom stereocenters. The first-order chi connectivity index (χ1) is 9.99. The molecule has 1 heterocycles. The maximum atomic E-state index is 6.10. The van der Waals surface area contributed by atoms with Crippen LogP contribution in [0.5, 0.6) is 5.75 Å². The Hall–Kier alpha value is -1.66. The van der Waals surface area contributed by atoms with Crippen molar-refractivity contribution in [1.29, 1.82) is 0 Å². The number of aromatic nitrogens is 3. The summed E-state index contributed by atoms with van der Waals surface area (Å²) in [6.45, 7) is 5.31. The Morgan fingerprint density at radius 1 is 1.48 bits per heavy atom. The molecule has 0 aliphatic carbocycles. The van der Waals surface area contributed by atoms with Crippen LogP contribution >= 0.6 is 23.8 Å². The molecule has 0 aliphatic rings. The normalized spacial score (nSPS) is 10.9. The van der Waals surface area contributed by atoms with Gasteiger partial charge in [-0.3, -0.25) is 0 Å². The van der Waals surface area contributed by atoms with Crippen LogP contribution in [0.1, 0.15) is 25.2 Å². The van der Waals surface area contributed by atoms with Crippen LogP contribution in [0.15, 0.2) is 24.5 Å². The molecule has 5 nitrogen and oxygen atoms in total.